The van der Waals surface area contributed by atoms with E-state index in [4.69, 9.17) is 0 Å². The maximum atomic E-state index is 13.0. The number of benzene rings is 1. The minimum absolute atomic E-state index is 0.0757. The first kappa shape index (κ1) is 20.0. The highest BCUT2D eigenvalue weighted by molar-refractivity contribution is 7.89. The molecule has 1 N–H and O–H groups in total. The molecule has 1 aliphatic rings. The molecule has 1 saturated heterocycles. The predicted octanol–water partition coefficient (Wildman–Crippen LogP) is 2.88. The molecule has 148 valence electrons. The average Bonchev–Trinajstić information content (AvgIpc) is 3.11. The maximum Gasteiger partial charge on any atom is 0.214 e. The number of ketones is 1. The zero-order valence-corrected chi connectivity index (χ0v) is 17.0. The van der Waals surface area contributed by atoms with Crippen LogP contribution in [0.15, 0.2) is 30.5 Å². The Morgan fingerprint density at radius 3 is 2.56 bits per heavy atom. The van der Waals surface area contributed by atoms with Crippen LogP contribution in [0.25, 0.3) is 10.9 Å². The summed E-state index contributed by atoms with van der Waals surface area (Å²) in [5.41, 5.74) is 1.66. The number of carbonyl (C=O) groups excluding carboxylic acids is 1. The number of nitrogens with zero attached hydrogens (tertiary/aromatic N) is 2. The standard InChI is InChI=1S/C20H29N3O3S/c1-3-4-7-14-27(25,26)23-12-10-22(11-13-23)16(2)20(24)18-15-21-19-9-6-5-8-17(18)19/h5-6,8-9,15-16,21H,3-4,7,10-14H2,1-2H3. The van der Waals surface area contributed by atoms with Crippen LogP contribution in [0.3, 0.4) is 0 Å². The number of rotatable bonds is 8. The van der Waals surface area contributed by atoms with Crippen molar-refractivity contribution in [2.75, 3.05) is 31.9 Å². The summed E-state index contributed by atoms with van der Waals surface area (Å²) in [7, 11) is -3.18. The molecule has 1 atom stereocenters. The van der Waals surface area contributed by atoms with Gasteiger partial charge in [-0.15, -0.1) is 0 Å². The van der Waals surface area contributed by atoms with Crippen molar-refractivity contribution >= 4 is 26.7 Å². The summed E-state index contributed by atoms with van der Waals surface area (Å²) >= 11 is 0. The molecule has 0 amide bonds. The Balaban J connectivity index is 1.61. The lowest BCUT2D eigenvalue weighted by atomic mass is 10.0. The molecular formula is C20H29N3O3S. The Labute approximate surface area is 161 Å². The second kappa shape index (κ2) is 8.54. The highest BCUT2D eigenvalue weighted by atomic mass is 32.2. The van der Waals surface area contributed by atoms with Crippen LogP contribution in [-0.4, -0.2) is 66.4 Å². The molecular weight excluding hydrogens is 362 g/mol. The van der Waals surface area contributed by atoms with Gasteiger partial charge in [-0.25, -0.2) is 8.42 Å². The van der Waals surface area contributed by atoms with Gasteiger partial charge in [0.05, 0.1) is 11.8 Å². The van der Waals surface area contributed by atoms with Gasteiger partial charge in [-0.3, -0.25) is 9.69 Å². The number of unbranched alkanes of at least 4 members (excludes halogenated alkanes) is 2. The van der Waals surface area contributed by atoms with Gasteiger partial charge in [0.1, 0.15) is 0 Å². The zero-order valence-electron chi connectivity index (χ0n) is 16.1. The smallest absolute Gasteiger partial charge is 0.214 e. The number of aromatic amines is 1. The Morgan fingerprint density at radius 2 is 1.85 bits per heavy atom. The average molecular weight is 392 g/mol. The van der Waals surface area contributed by atoms with Gasteiger partial charge in [-0.05, 0) is 19.4 Å². The van der Waals surface area contributed by atoms with Crippen molar-refractivity contribution in [2.24, 2.45) is 0 Å². The first-order valence-corrected chi connectivity index (χ1v) is 11.4. The molecule has 3 rings (SSSR count). The number of carbonyl (C=O) groups is 1. The minimum atomic E-state index is -3.18. The Morgan fingerprint density at radius 1 is 1.15 bits per heavy atom. The van der Waals surface area contributed by atoms with Crippen LogP contribution in [0, 0.1) is 0 Å². The van der Waals surface area contributed by atoms with Crippen molar-refractivity contribution in [3.05, 3.63) is 36.0 Å². The molecule has 2 aromatic rings. The summed E-state index contributed by atoms with van der Waals surface area (Å²) in [5, 5.41) is 0.937. The predicted molar refractivity (Wildman–Crippen MR) is 109 cm³/mol. The molecule has 0 aliphatic carbocycles. The third-order valence-corrected chi connectivity index (χ3v) is 7.41. The van der Waals surface area contributed by atoms with E-state index in [1.165, 1.54) is 0 Å². The molecule has 1 aromatic heterocycles. The number of aromatic nitrogens is 1. The zero-order chi connectivity index (χ0) is 19.4. The lowest BCUT2D eigenvalue weighted by Gasteiger charge is -2.36. The Bertz CT molecular complexity index is 883. The lowest BCUT2D eigenvalue weighted by molar-refractivity contribution is 0.0784. The molecule has 7 heteroatoms. The second-order valence-electron chi connectivity index (χ2n) is 7.25. The first-order chi connectivity index (χ1) is 12.9. The van der Waals surface area contributed by atoms with Crippen LogP contribution in [0.5, 0.6) is 0 Å². The van der Waals surface area contributed by atoms with Crippen molar-refractivity contribution in [3.63, 3.8) is 0 Å². The third kappa shape index (κ3) is 4.42. The number of para-hydroxylation sites is 1. The van der Waals surface area contributed by atoms with Gasteiger partial charge in [-0.1, -0.05) is 38.0 Å². The normalized spacial score (nSPS) is 18.0. The Kier molecular flexibility index (Phi) is 6.34. The van der Waals surface area contributed by atoms with E-state index in [9.17, 15) is 13.2 Å². The molecule has 6 nitrogen and oxygen atoms in total. The number of hydrogen-bond donors (Lipinski definition) is 1. The van der Waals surface area contributed by atoms with E-state index in [1.807, 2.05) is 31.2 Å². The van der Waals surface area contributed by atoms with Crippen molar-refractivity contribution in [3.8, 4) is 0 Å². The van der Waals surface area contributed by atoms with Gasteiger partial charge >= 0.3 is 0 Å². The van der Waals surface area contributed by atoms with Crippen LogP contribution in [0.4, 0.5) is 0 Å². The summed E-state index contributed by atoms with van der Waals surface area (Å²) in [6, 6.07) is 7.51. The molecule has 1 aliphatic heterocycles. The fraction of sp³-hybridized carbons (Fsp3) is 0.550. The summed E-state index contributed by atoms with van der Waals surface area (Å²) in [4.78, 5) is 18.2. The number of sulfonamides is 1. The third-order valence-electron chi connectivity index (χ3n) is 5.45. The van der Waals surface area contributed by atoms with E-state index in [-0.39, 0.29) is 17.6 Å². The van der Waals surface area contributed by atoms with Crippen molar-refractivity contribution in [1.82, 2.24) is 14.2 Å². The van der Waals surface area contributed by atoms with Crippen molar-refractivity contribution in [2.45, 2.75) is 39.2 Å². The van der Waals surface area contributed by atoms with Crippen LogP contribution in [-0.2, 0) is 10.0 Å². The molecule has 1 aromatic carbocycles. The van der Waals surface area contributed by atoms with Gasteiger partial charge in [0, 0.05) is 48.8 Å². The number of Topliss-reactive ketones (excluding diaryl/α,β-unsaturated/α-hetero) is 1. The SMILES string of the molecule is CCCCCS(=O)(=O)N1CCN(C(C)C(=O)c2c[nH]c3ccccc23)CC1. The molecule has 1 unspecified atom stereocenters. The van der Waals surface area contributed by atoms with Gasteiger partial charge in [-0.2, -0.15) is 4.31 Å². The molecule has 0 bridgehead atoms. The number of H-pyrrole nitrogens is 1. The fourth-order valence-corrected chi connectivity index (χ4v) is 5.25. The van der Waals surface area contributed by atoms with Gasteiger partial charge in [0.25, 0.3) is 0 Å². The van der Waals surface area contributed by atoms with Crippen LogP contribution >= 0.6 is 0 Å². The van der Waals surface area contributed by atoms with Gasteiger partial charge in [0.2, 0.25) is 10.0 Å². The summed E-state index contributed by atoms with van der Waals surface area (Å²) in [6.07, 6.45) is 4.44. The van der Waals surface area contributed by atoms with Crippen molar-refractivity contribution < 1.29 is 13.2 Å². The summed E-state index contributed by atoms with van der Waals surface area (Å²) < 4.78 is 26.5. The summed E-state index contributed by atoms with van der Waals surface area (Å²) in [5.74, 6) is 0.302. The van der Waals surface area contributed by atoms with E-state index in [0.29, 0.717) is 38.2 Å². The lowest BCUT2D eigenvalue weighted by Crippen LogP contribution is -2.53. The second-order valence-corrected chi connectivity index (χ2v) is 9.33. The largest absolute Gasteiger partial charge is 0.360 e. The molecule has 2 heterocycles. The Hall–Kier alpha value is -1.70. The quantitative estimate of drug-likeness (QED) is 0.555. The fourth-order valence-electron chi connectivity index (χ4n) is 3.70. The molecule has 0 spiro atoms. The highest BCUT2D eigenvalue weighted by Gasteiger charge is 2.31. The van der Waals surface area contributed by atoms with E-state index in [2.05, 4.69) is 16.8 Å². The van der Waals surface area contributed by atoms with Crippen LogP contribution < -0.4 is 0 Å². The first-order valence-electron chi connectivity index (χ1n) is 9.76. The maximum absolute atomic E-state index is 13.0. The number of piperazine rings is 1. The topological polar surface area (TPSA) is 73.5 Å². The highest BCUT2D eigenvalue weighted by Crippen LogP contribution is 2.21. The minimum Gasteiger partial charge on any atom is -0.360 e. The molecule has 1 fully saturated rings. The molecule has 0 radical (unpaired) electrons. The van der Waals surface area contributed by atoms with Crippen LogP contribution in [0.1, 0.15) is 43.5 Å². The number of fused-ring (bicyclic) bond motifs is 1. The van der Waals surface area contributed by atoms with E-state index in [0.717, 1.165) is 23.7 Å². The molecule has 27 heavy (non-hydrogen) atoms. The van der Waals surface area contributed by atoms with Crippen LogP contribution in [0.2, 0.25) is 0 Å². The molecule has 0 saturated carbocycles. The van der Waals surface area contributed by atoms with Crippen molar-refractivity contribution in [1.29, 1.82) is 0 Å². The van der Waals surface area contributed by atoms with E-state index >= 15 is 0 Å². The van der Waals surface area contributed by atoms with E-state index in [1.54, 1.807) is 10.5 Å². The van der Waals surface area contributed by atoms with Gasteiger partial charge in [0.15, 0.2) is 5.78 Å². The van der Waals surface area contributed by atoms with Gasteiger partial charge < -0.3 is 4.98 Å². The monoisotopic (exact) mass is 391 g/mol. The summed E-state index contributed by atoms with van der Waals surface area (Å²) in [6.45, 7) is 6.07. The number of nitrogens with one attached hydrogen (secondary N) is 1. The number of hydrogen-bond acceptors (Lipinski definition) is 4. The van der Waals surface area contributed by atoms with E-state index < -0.39 is 10.0 Å².